The van der Waals surface area contributed by atoms with Gasteiger partial charge >= 0.3 is 0 Å². The van der Waals surface area contributed by atoms with Crippen molar-refractivity contribution in [2.75, 3.05) is 23.4 Å². The summed E-state index contributed by atoms with van der Waals surface area (Å²) in [6.45, 7) is 2.32. The molecule has 0 unspecified atom stereocenters. The number of hydrogen-bond acceptors (Lipinski definition) is 4. The van der Waals surface area contributed by atoms with Crippen LogP contribution in [-0.4, -0.2) is 27.1 Å². The minimum Gasteiger partial charge on any atom is -0.398 e. The van der Waals surface area contributed by atoms with Crippen LogP contribution >= 0.6 is 0 Å². The first-order valence-electron chi connectivity index (χ1n) is 7.79. The fraction of sp³-hybridized carbons (Fsp3) is 0.278. The Balaban J connectivity index is 2.05. The maximum absolute atomic E-state index is 13.0. The second-order valence-electron chi connectivity index (χ2n) is 6.16. The molecule has 0 saturated carbocycles. The lowest BCUT2D eigenvalue weighted by Gasteiger charge is -2.30. The van der Waals surface area contributed by atoms with Crippen molar-refractivity contribution < 1.29 is 13.2 Å². The van der Waals surface area contributed by atoms with Gasteiger partial charge in [-0.15, -0.1) is 0 Å². The van der Waals surface area contributed by atoms with Crippen molar-refractivity contribution in [3.8, 4) is 0 Å². The predicted molar refractivity (Wildman–Crippen MR) is 95.1 cm³/mol. The molecule has 0 saturated heterocycles. The van der Waals surface area contributed by atoms with Crippen LogP contribution in [0.15, 0.2) is 41.3 Å². The number of hydrogen-bond donors (Lipinski definition) is 1. The van der Waals surface area contributed by atoms with Crippen LogP contribution < -0.4 is 10.6 Å². The Kier molecular flexibility index (Phi) is 4.09. The lowest BCUT2D eigenvalue weighted by Crippen LogP contribution is -2.35. The third-order valence-corrected chi connectivity index (χ3v) is 5.61. The number of anilines is 2. The topological polar surface area (TPSA) is 80.5 Å². The lowest BCUT2D eigenvalue weighted by atomic mass is 9.99. The third kappa shape index (κ3) is 2.89. The first kappa shape index (κ1) is 16.5. The summed E-state index contributed by atoms with van der Waals surface area (Å²) in [5.74, 6) is -0.202. The molecule has 0 spiro atoms. The molecule has 126 valence electrons. The van der Waals surface area contributed by atoms with Gasteiger partial charge in [0.15, 0.2) is 9.84 Å². The van der Waals surface area contributed by atoms with Crippen molar-refractivity contribution in [3.63, 3.8) is 0 Å². The van der Waals surface area contributed by atoms with Gasteiger partial charge in [0.05, 0.1) is 4.90 Å². The molecule has 1 aliphatic rings. The van der Waals surface area contributed by atoms with Gasteiger partial charge in [-0.05, 0) is 55.2 Å². The number of nitrogens with two attached hydrogens (primary N) is 1. The first-order valence-corrected chi connectivity index (χ1v) is 9.68. The van der Waals surface area contributed by atoms with Gasteiger partial charge in [-0.25, -0.2) is 8.42 Å². The number of rotatable bonds is 2. The number of amides is 1. The van der Waals surface area contributed by atoms with E-state index in [4.69, 9.17) is 5.73 Å². The zero-order chi connectivity index (χ0) is 17.5. The highest BCUT2D eigenvalue weighted by molar-refractivity contribution is 7.90. The lowest BCUT2D eigenvalue weighted by molar-refractivity contribution is 0.0985. The molecule has 1 heterocycles. The van der Waals surface area contributed by atoms with E-state index in [2.05, 4.69) is 0 Å². The number of sulfone groups is 1. The van der Waals surface area contributed by atoms with Crippen molar-refractivity contribution in [1.82, 2.24) is 0 Å². The summed E-state index contributed by atoms with van der Waals surface area (Å²) >= 11 is 0. The van der Waals surface area contributed by atoms with E-state index in [0.717, 1.165) is 30.3 Å². The van der Waals surface area contributed by atoms with Crippen LogP contribution in [0.5, 0.6) is 0 Å². The van der Waals surface area contributed by atoms with Gasteiger partial charge in [0.2, 0.25) is 0 Å². The maximum Gasteiger partial charge on any atom is 0.258 e. The van der Waals surface area contributed by atoms with Crippen LogP contribution in [0, 0.1) is 6.92 Å². The third-order valence-electron chi connectivity index (χ3n) is 4.37. The predicted octanol–water partition coefficient (Wildman–Crippen LogP) is 2.57. The van der Waals surface area contributed by atoms with E-state index < -0.39 is 9.84 Å². The van der Waals surface area contributed by atoms with Gasteiger partial charge in [0.25, 0.3) is 5.91 Å². The average molecular weight is 344 g/mol. The Labute approximate surface area is 142 Å². The van der Waals surface area contributed by atoms with Crippen LogP contribution in [-0.2, 0) is 16.3 Å². The molecule has 0 atom stereocenters. The first-order chi connectivity index (χ1) is 11.3. The van der Waals surface area contributed by atoms with Crippen molar-refractivity contribution in [1.29, 1.82) is 0 Å². The van der Waals surface area contributed by atoms with Crippen molar-refractivity contribution >= 4 is 27.1 Å². The molecule has 0 fully saturated rings. The Morgan fingerprint density at radius 3 is 2.67 bits per heavy atom. The van der Waals surface area contributed by atoms with Crippen LogP contribution in [0.2, 0.25) is 0 Å². The van der Waals surface area contributed by atoms with Gasteiger partial charge in [-0.1, -0.05) is 12.1 Å². The number of nitrogen functional groups attached to an aromatic ring is 1. The highest BCUT2D eigenvalue weighted by atomic mass is 32.2. The van der Waals surface area contributed by atoms with E-state index in [-0.39, 0.29) is 10.8 Å². The molecule has 0 aliphatic carbocycles. The van der Waals surface area contributed by atoms with Gasteiger partial charge in [-0.3, -0.25) is 4.79 Å². The highest BCUT2D eigenvalue weighted by Gasteiger charge is 2.25. The Morgan fingerprint density at radius 2 is 1.96 bits per heavy atom. The minimum absolute atomic E-state index is 0.193. The van der Waals surface area contributed by atoms with E-state index in [0.29, 0.717) is 23.4 Å². The smallest absolute Gasteiger partial charge is 0.258 e. The standard InChI is InChI=1S/C18H20N2O3S/c1-12-8-9-13(11-17(12)24(2,22)23)18(21)20-10-4-5-14-15(19)6-3-7-16(14)20/h3,6-9,11H,4-5,10,19H2,1-2H3. The van der Waals surface area contributed by atoms with Gasteiger partial charge < -0.3 is 10.6 Å². The number of carbonyl (C=O) groups excluding carboxylic acids is 1. The van der Waals surface area contributed by atoms with E-state index >= 15 is 0 Å². The monoisotopic (exact) mass is 344 g/mol. The minimum atomic E-state index is -3.38. The SMILES string of the molecule is Cc1ccc(C(=O)N2CCCc3c(N)cccc32)cc1S(C)(=O)=O. The quantitative estimate of drug-likeness (QED) is 0.849. The molecule has 3 rings (SSSR count). The van der Waals surface area contributed by atoms with Crippen LogP contribution in [0.25, 0.3) is 0 Å². The van der Waals surface area contributed by atoms with E-state index in [9.17, 15) is 13.2 Å². The number of nitrogens with zero attached hydrogens (tertiary/aromatic N) is 1. The van der Waals surface area contributed by atoms with Crippen LogP contribution in [0.1, 0.15) is 27.9 Å². The van der Waals surface area contributed by atoms with E-state index in [1.807, 2.05) is 18.2 Å². The average Bonchev–Trinajstić information content (AvgIpc) is 2.53. The van der Waals surface area contributed by atoms with Crippen LogP contribution in [0.4, 0.5) is 11.4 Å². The van der Waals surface area contributed by atoms with Crippen molar-refractivity contribution in [2.24, 2.45) is 0 Å². The Morgan fingerprint density at radius 1 is 1.21 bits per heavy atom. The normalized spacial score (nSPS) is 14.3. The molecule has 1 amide bonds. The fourth-order valence-electron chi connectivity index (χ4n) is 3.15. The molecular weight excluding hydrogens is 324 g/mol. The molecule has 1 aliphatic heterocycles. The zero-order valence-electron chi connectivity index (χ0n) is 13.7. The number of aryl methyl sites for hydroxylation is 1. The van der Waals surface area contributed by atoms with Gasteiger partial charge in [0.1, 0.15) is 0 Å². The molecular formula is C18H20N2O3S. The fourth-order valence-corrected chi connectivity index (χ4v) is 4.15. The van der Waals surface area contributed by atoms with Gasteiger partial charge in [0, 0.05) is 29.7 Å². The largest absolute Gasteiger partial charge is 0.398 e. The van der Waals surface area contributed by atoms with E-state index in [1.54, 1.807) is 24.0 Å². The number of carbonyl (C=O) groups is 1. The Hall–Kier alpha value is -2.34. The van der Waals surface area contributed by atoms with Crippen molar-refractivity contribution in [2.45, 2.75) is 24.7 Å². The summed E-state index contributed by atoms with van der Waals surface area (Å²) in [5.41, 5.74) is 9.51. The summed E-state index contributed by atoms with van der Waals surface area (Å²) < 4.78 is 23.8. The molecule has 2 aromatic carbocycles. The molecule has 2 aromatic rings. The second kappa shape index (κ2) is 5.94. The second-order valence-corrected chi connectivity index (χ2v) is 8.14. The summed E-state index contributed by atoms with van der Waals surface area (Å²) in [5, 5.41) is 0. The molecule has 0 aromatic heterocycles. The molecule has 2 N–H and O–H groups in total. The van der Waals surface area contributed by atoms with Crippen LogP contribution in [0.3, 0.4) is 0 Å². The summed E-state index contributed by atoms with van der Waals surface area (Å²) in [4.78, 5) is 14.8. The van der Waals surface area contributed by atoms with E-state index in [1.165, 1.54) is 6.07 Å². The summed E-state index contributed by atoms with van der Waals surface area (Å²) in [6, 6.07) is 10.4. The molecule has 5 nitrogen and oxygen atoms in total. The van der Waals surface area contributed by atoms with Crippen molar-refractivity contribution in [3.05, 3.63) is 53.1 Å². The zero-order valence-corrected chi connectivity index (χ0v) is 14.6. The number of fused-ring (bicyclic) bond motifs is 1. The number of benzene rings is 2. The summed E-state index contributed by atoms with van der Waals surface area (Å²) in [7, 11) is -3.38. The molecule has 24 heavy (non-hydrogen) atoms. The highest BCUT2D eigenvalue weighted by Crippen LogP contribution is 2.32. The molecule has 0 radical (unpaired) electrons. The molecule has 6 heteroatoms. The molecule has 0 bridgehead atoms. The summed E-state index contributed by atoms with van der Waals surface area (Å²) in [6.07, 6.45) is 2.83. The Bertz CT molecular complexity index is 920. The van der Waals surface area contributed by atoms with Gasteiger partial charge in [-0.2, -0.15) is 0 Å². The maximum atomic E-state index is 13.0.